The quantitative estimate of drug-likeness (QED) is 0.622. The van der Waals surface area contributed by atoms with E-state index in [0.29, 0.717) is 29.5 Å². The Labute approximate surface area is 176 Å². The van der Waals surface area contributed by atoms with E-state index in [0.717, 1.165) is 6.07 Å². The van der Waals surface area contributed by atoms with Gasteiger partial charge in [-0.15, -0.1) is 0 Å². The molecular weight excluding hydrogens is 405 g/mol. The summed E-state index contributed by atoms with van der Waals surface area (Å²) in [6.07, 6.45) is 2.59. The molecule has 0 bridgehead atoms. The van der Waals surface area contributed by atoms with Gasteiger partial charge in [-0.3, -0.25) is 9.59 Å². The number of nitrogens with one attached hydrogen (secondary N) is 1. The van der Waals surface area contributed by atoms with Gasteiger partial charge >= 0.3 is 5.97 Å². The van der Waals surface area contributed by atoms with Crippen LogP contribution in [0.15, 0.2) is 35.3 Å². The maximum atomic E-state index is 14.1. The van der Waals surface area contributed by atoms with Crippen LogP contribution in [0.3, 0.4) is 0 Å². The minimum Gasteiger partial charge on any atom is -0.506 e. The summed E-state index contributed by atoms with van der Waals surface area (Å²) in [6, 6.07) is 5.32. The average molecular weight is 425 g/mol. The van der Waals surface area contributed by atoms with E-state index in [9.17, 15) is 23.9 Å². The topological polar surface area (TPSA) is 111 Å². The van der Waals surface area contributed by atoms with Crippen LogP contribution in [-0.4, -0.2) is 33.6 Å². The molecule has 0 spiro atoms. The van der Waals surface area contributed by atoms with Crippen LogP contribution < -0.4 is 10.9 Å². The van der Waals surface area contributed by atoms with Crippen molar-refractivity contribution in [1.29, 1.82) is 0 Å². The van der Waals surface area contributed by atoms with Crippen LogP contribution in [0.2, 0.25) is 0 Å². The molecular formula is C22H20FN3O5. The molecule has 3 heterocycles. The number of hydrogen-bond acceptors (Lipinski definition) is 6. The van der Waals surface area contributed by atoms with E-state index < -0.39 is 34.6 Å². The SMILES string of the molecule is COC(=O)c1ccc(CNC(=O)c2c(O)c3cc(F)cc4c3n(c2=O)C(C)CC4)cn1. The van der Waals surface area contributed by atoms with Gasteiger partial charge in [0, 0.05) is 24.2 Å². The minimum atomic E-state index is -0.784. The molecule has 1 aromatic carbocycles. The number of esters is 1. The van der Waals surface area contributed by atoms with Crippen LogP contribution >= 0.6 is 0 Å². The van der Waals surface area contributed by atoms with Crippen LogP contribution in [0.5, 0.6) is 5.75 Å². The van der Waals surface area contributed by atoms with Crippen molar-refractivity contribution in [2.24, 2.45) is 0 Å². The third kappa shape index (κ3) is 3.52. The van der Waals surface area contributed by atoms with Crippen molar-refractivity contribution in [2.45, 2.75) is 32.4 Å². The number of carbonyl (C=O) groups is 2. The molecule has 2 aromatic heterocycles. The summed E-state index contributed by atoms with van der Waals surface area (Å²) >= 11 is 0. The molecule has 8 nitrogen and oxygen atoms in total. The van der Waals surface area contributed by atoms with Crippen LogP contribution in [0.25, 0.3) is 10.9 Å². The lowest BCUT2D eigenvalue weighted by atomic mass is 9.95. The molecule has 0 fully saturated rings. The summed E-state index contributed by atoms with van der Waals surface area (Å²) < 4.78 is 20.1. The molecule has 1 aliphatic heterocycles. The second kappa shape index (κ2) is 7.82. The van der Waals surface area contributed by atoms with E-state index in [1.165, 1.54) is 30.0 Å². The van der Waals surface area contributed by atoms with Gasteiger partial charge < -0.3 is 19.7 Å². The molecule has 2 N–H and O–H groups in total. The number of rotatable bonds is 4. The Balaban J connectivity index is 1.69. The van der Waals surface area contributed by atoms with Crippen LogP contribution in [0.4, 0.5) is 4.39 Å². The number of benzene rings is 1. The Hall–Kier alpha value is -3.75. The summed E-state index contributed by atoms with van der Waals surface area (Å²) in [4.78, 5) is 41.3. The van der Waals surface area contributed by atoms with E-state index in [-0.39, 0.29) is 23.7 Å². The Kier molecular flexibility index (Phi) is 5.18. The van der Waals surface area contributed by atoms with Gasteiger partial charge in [-0.1, -0.05) is 6.07 Å². The Bertz CT molecular complexity index is 1270. The number of aromatic hydroxyl groups is 1. The molecule has 1 atom stereocenters. The lowest BCUT2D eigenvalue weighted by Gasteiger charge is -2.26. The lowest BCUT2D eigenvalue weighted by molar-refractivity contribution is 0.0593. The summed E-state index contributed by atoms with van der Waals surface area (Å²) in [5, 5.41) is 13.4. The third-order valence-corrected chi connectivity index (χ3v) is 5.49. The predicted molar refractivity (Wildman–Crippen MR) is 110 cm³/mol. The zero-order valence-electron chi connectivity index (χ0n) is 16.9. The highest BCUT2D eigenvalue weighted by atomic mass is 19.1. The molecule has 0 radical (unpaired) electrons. The number of methoxy groups -OCH3 is 1. The van der Waals surface area contributed by atoms with Gasteiger partial charge in [-0.05, 0) is 49.1 Å². The maximum absolute atomic E-state index is 14.1. The van der Waals surface area contributed by atoms with Gasteiger partial charge in [0.15, 0.2) is 0 Å². The van der Waals surface area contributed by atoms with Gasteiger partial charge in [0.25, 0.3) is 11.5 Å². The number of pyridine rings is 2. The fourth-order valence-electron chi connectivity index (χ4n) is 3.91. The largest absolute Gasteiger partial charge is 0.506 e. The van der Waals surface area contributed by atoms with E-state index in [4.69, 9.17) is 0 Å². The molecule has 31 heavy (non-hydrogen) atoms. The van der Waals surface area contributed by atoms with Crippen molar-refractivity contribution < 1.29 is 23.8 Å². The second-order valence-electron chi connectivity index (χ2n) is 7.47. The van der Waals surface area contributed by atoms with Gasteiger partial charge in [0.1, 0.15) is 22.8 Å². The normalized spacial score (nSPS) is 15.0. The van der Waals surface area contributed by atoms with Crippen molar-refractivity contribution in [3.8, 4) is 5.75 Å². The zero-order chi connectivity index (χ0) is 22.3. The Morgan fingerprint density at radius 1 is 1.35 bits per heavy atom. The van der Waals surface area contributed by atoms with Gasteiger partial charge in [-0.2, -0.15) is 0 Å². The zero-order valence-corrected chi connectivity index (χ0v) is 16.9. The first-order chi connectivity index (χ1) is 14.8. The van der Waals surface area contributed by atoms with E-state index in [1.54, 1.807) is 6.07 Å². The van der Waals surface area contributed by atoms with E-state index in [1.807, 2.05) is 6.92 Å². The van der Waals surface area contributed by atoms with Crippen molar-refractivity contribution in [3.05, 3.63) is 69.0 Å². The highest BCUT2D eigenvalue weighted by Crippen LogP contribution is 2.35. The first kappa shape index (κ1) is 20.5. The molecule has 9 heteroatoms. The van der Waals surface area contributed by atoms with Crippen LogP contribution in [0, 0.1) is 5.82 Å². The summed E-state index contributed by atoms with van der Waals surface area (Å²) in [5.41, 5.74) is 0.725. The number of halogens is 1. The first-order valence-electron chi connectivity index (χ1n) is 9.72. The van der Waals surface area contributed by atoms with Crippen LogP contribution in [-0.2, 0) is 17.7 Å². The summed E-state index contributed by atoms with van der Waals surface area (Å²) in [5.74, 6) is -2.45. The van der Waals surface area contributed by atoms with Gasteiger partial charge in [-0.25, -0.2) is 14.2 Å². The number of aromatic nitrogens is 2. The Morgan fingerprint density at radius 3 is 2.81 bits per heavy atom. The number of carbonyl (C=O) groups excluding carboxylic acids is 2. The number of ether oxygens (including phenoxy) is 1. The molecule has 0 saturated heterocycles. The molecule has 1 amide bonds. The van der Waals surface area contributed by atoms with Crippen LogP contribution in [0.1, 0.15) is 51.4 Å². The highest BCUT2D eigenvalue weighted by molar-refractivity contribution is 6.03. The molecule has 0 saturated carbocycles. The second-order valence-corrected chi connectivity index (χ2v) is 7.47. The van der Waals surface area contributed by atoms with E-state index >= 15 is 0 Å². The number of aryl methyl sites for hydroxylation is 1. The average Bonchev–Trinajstić information content (AvgIpc) is 2.76. The third-order valence-electron chi connectivity index (χ3n) is 5.49. The number of amides is 1. The standard InChI is InChI=1S/C22H20FN3O5/c1-11-3-5-13-7-14(23)8-15-18(13)26(11)21(29)17(19(15)27)20(28)25-10-12-4-6-16(24-9-12)22(30)31-2/h4,6-9,11,27H,3,5,10H2,1-2H3,(H,25,28). The predicted octanol–water partition coefficient (Wildman–Crippen LogP) is 2.47. The van der Waals surface area contributed by atoms with Crippen molar-refractivity contribution in [1.82, 2.24) is 14.9 Å². The molecule has 1 unspecified atom stereocenters. The number of hydrogen-bond donors (Lipinski definition) is 2. The monoisotopic (exact) mass is 425 g/mol. The van der Waals surface area contributed by atoms with Crippen molar-refractivity contribution in [2.75, 3.05) is 7.11 Å². The fourth-order valence-corrected chi connectivity index (χ4v) is 3.91. The fraction of sp³-hybridized carbons (Fsp3) is 0.273. The number of nitrogens with zero attached hydrogens (tertiary/aromatic N) is 2. The molecule has 3 aromatic rings. The summed E-state index contributed by atoms with van der Waals surface area (Å²) in [6.45, 7) is 1.86. The molecule has 0 aliphatic carbocycles. The minimum absolute atomic E-state index is 0.00809. The van der Waals surface area contributed by atoms with Crippen molar-refractivity contribution in [3.63, 3.8) is 0 Å². The maximum Gasteiger partial charge on any atom is 0.356 e. The van der Waals surface area contributed by atoms with E-state index in [2.05, 4.69) is 15.0 Å². The van der Waals surface area contributed by atoms with Gasteiger partial charge in [0.2, 0.25) is 0 Å². The summed E-state index contributed by atoms with van der Waals surface area (Å²) in [7, 11) is 1.25. The van der Waals surface area contributed by atoms with Crippen molar-refractivity contribution >= 4 is 22.8 Å². The molecule has 160 valence electrons. The highest BCUT2D eigenvalue weighted by Gasteiger charge is 2.28. The lowest BCUT2D eigenvalue weighted by Crippen LogP contribution is -2.36. The molecule has 1 aliphatic rings. The Morgan fingerprint density at radius 2 is 2.13 bits per heavy atom. The smallest absolute Gasteiger partial charge is 0.356 e. The van der Waals surface area contributed by atoms with Gasteiger partial charge in [0.05, 0.1) is 12.6 Å². The first-order valence-corrected chi connectivity index (χ1v) is 9.72. The molecule has 4 rings (SSSR count).